The molecule has 0 fully saturated rings. The van der Waals surface area contributed by atoms with Crippen LogP contribution in [0.5, 0.6) is 5.75 Å². The Morgan fingerprint density at radius 3 is 2.29 bits per heavy atom. The van der Waals surface area contributed by atoms with Gasteiger partial charge in [-0.1, -0.05) is 12.1 Å². The number of benzene rings is 3. The maximum Gasteiger partial charge on any atom is 0.294 e. The number of nitrogens with zero attached hydrogens (tertiary/aromatic N) is 2. The van der Waals surface area contributed by atoms with Gasteiger partial charge in [-0.2, -0.15) is 13.5 Å². The number of halogens is 1. The Morgan fingerprint density at radius 1 is 0.917 bits per heavy atom. The lowest BCUT2D eigenvalue weighted by atomic mass is 10.1. The number of fused-ring (bicyclic) bond motifs is 1. The molecule has 0 unspecified atom stereocenters. The maximum absolute atomic E-state index is 11.2. The quantitative estimate of drug-likeness (QED) is 0.337. The predicted octanol–water partition coefficient (Wildman–Crippen LogP) is 4.81. The van der Waals surface area contributed by atoms with Gasteiger partial charge in [0, 0.05) is 8.96 Å². The van der Waals surface area contributed by atoms with Crippen LogP contribution in [-0.4, -0.2) is 18.1 Å². The van der Waals surface area contributed by atoms with Crippen molar-refractivity contribution in [3.63, 3.8) is 0 Å². The number of phenolic OH excluding ortho intramolecular Hbond substituents is 1. The van der Waals surface area contributed by atoms with E-state index in [2.05, 4.69) is 32.8 Å². The molecule has 0 amide bonds. The van der Waals surface area contributed by atoms with Crippen molar-refractivity contribution in [2.45, 2.75) is 4.90 Å². The molecule has 3 aromatic rings. The lowest BCUT2D eigenvalue weighted by Gasteiger charge is -2.05. The van der Waals surface area contributed by atoms with Crippen LogP contribution >= 0.6 is 22.6 Å². The Morgan fingerprint density at radius 2 is 1.62 bits per heavy atom. The minimum absolute atomic E-state index is 0.0728. The van der Waals surface area contributed by atoms with Gasteiger partial charge in [-0.25, -0.2) is 0 Å². The van der Waals surface area contributed by atoms with Crippen LogP contribution in [0.25, 0.3) is 10.8 Å². The third-order valence-electron chi connectivity index (χ3n) is 3.33. The molecular weight excluding hydrogens is 443 g/mol. The molecule has 0 aromatic heterocycles. The van der Waals surface area contributed by atoms with E-state index in [9.17, 15) is 13.5 Å². The molecule has 6 nitrogen and oxygen atoms in total. The van der Waals surface area contributed by atoms with Crippen molar-refractivity contribution in [3.8, 4) is 5.75 Å². The molecular formula is C16H11IN2O4S. The van der Waals surface area contributed by atoms with Gasteiger partial charge in [0.15, 0.2) is 0 Å². The first-order valence-corrected chi connectivity index (χ1v) is 9.27. The Hall–Kier alpha value is -2.04. The number of aromatic hydroxyl groups is 1. The summed E-state index contributed by atoms with van der Waals surface area (Å²) in [5.74, 6) is -0.0728. The van der Waals surface area contributed by atoms with E-state index < -0.39 is 10.1 Å². The zero-order valence-corrected chi connectivity index (χ0v) is 15.1. The van der Waals surface area contributed by atoms with Gasteiger partial charge in [0.1, 0.15) is 11.4 Å². The monoisotopic (exact) mass is 454 g/mol. The molecule has 3 aromatic carbocycles. The minimum atomic E-state index is -4.29. The Bertz CT molecular complexity index is 1050. The second-order valence-electron chi connectivity index (χ2n) is 4.97. The Balaban J connectivity index is 2.10. The highest BCUT2D eigenvalue weighted by Crippen LogP contribution is 2.37. The van der Waals surface area contributed by atoms with E-state index in [1.807, 2.05) is 12.1 Å². The highest BCUT2D eigenvalue weighted by molar-refractivity contribution is 14.1. The molecule has 0 heterocycles. The van der Waals surface area contributed by atoms with Crippen molar-refractivity contribution in [1.29, 1.82) is 0 Å². The number of azo groups is 1. The predicted molar refractivity (Wildman–Crippen MR) is 98.8 cm³/mol. The Kier molecular flexibility index (Phi) is 4.52. The number of hydrogen-bond donors (Lipinski definition) is 2. The van der Waals surface area contributed by atoms with Gasteiger partial charge in [0.2, 0.25) is 0 Å². The largest absolute Gasteiger partial charge is 0.506 e. The summed E-state index contributed by atoms with van der Waals surface area (Å²) in [6.07, 6.45) is 0. The lowest BCUT2D eigenvalue weighted by molar-refractivity contribution is 0.477. The summed E-state index contributed by atoms with van der Waals surface area (Å²) in [6.45, 7) is 0. The summed E-state index contributed by atoms with van der Waals surface area (Å²) in [6, 6.07) is 14.3. The molecule has 0 bridgehead atoms. The molecule has 3 rings (SSSR count). The third kappa shape index (κ3) is 3.55. The van der Waals surface area contributed by atoms with Gasteiger partial charge < -0.3 is 5.11 Å². The zero-order chi connectivity index (χ0) is 17.3. The fourth-order valence-corrected chi connectivity index (χ4v) is 3.04. The van der Waals surface area contributed by atoms with Crippen LogP contribution in [0.2, 0.25) is 0 Å². The highest BCUT2D eigenvalue weighted by Gasteiger charge is 2.13. The molecule has 0 radical (unpaired) electrons. The maximum atomic E-state index is 11.2. The van der Waals surface area contributed by atoms with Gasteiger partial charge in [-0.15, -0.1) is 5.11 Å². The van der Waals surface area contributed by atoms with Crippen molar-refractivity contribution in [1.82, 2.24) is 0 Å². The van der Waals surface area contributed by atoms with Gasteiger partial charge in [0.05, 0.1) is 10.6 Å². The van der Waals surface area contributed by atoms with Gasteiger partial charge in [-0.05, 0) is 70.4 Å². The summed E-state index contributed by atoms with van der Waals surface area (Å²) >= 11 is 2.18. The van der Waals surface area contributed by atoms with Crippen LogP contribution in [0.15, 0.2) is 69.7 Å². The molecule has 122 valence electrons. The molecule has 0 saturated carbocycles. The van der Waals surface area contributed by atoms with E-state index in [1.165, 1.54) is 24.3 Å². The number of rotatable bonds is 3. The smallest absolute Gasteiger partial charge is 0.294 e. The summed E-state index contributed by atoms with van der Waals surface area (Å²) in [5, 5.41) is 19.3. The number of phenols is 1. The second kappa shape index (κ2) is 6.46. The minimum Gasteiger partial charge on any atom is -0.506 e. The standard InChI is InChI=1S/C16H11IN2O4S/c17-11-2-4-12(5-3-11)18-19-16-14-7-6-13(24(21,22)23)9-10(14)1-8-15(16)20/h1-9,20H,(H,21,22,23). The first-order chi connectivity index (χ1) is 11.3. The van der Waals surface area contributed by atoms with E-state index in [0.717, 1.165) is 3.57 Å². The molecule has 0 atom stereocenters. The molecule has 2 N–H and O–H groups in total. The van der Waals surface area contributed by atoms with E-state index in [1.54, 1.807) is 18.2 Å². The summed E-state index contributed by atoms with van der Waals surface area (Å²) in [4.78, 5) is -0.221. The van der Waals surface area contributed by atoms with Crippen molar-refractivity contribution in [2.24, 2.45) is 10.2 Å². The van der Waals surface area contributed by atoms with Crippen LogP contribution in [0.1, 0.15) is 0 Å². The topological polar surface area (TPSA) is 99.3 Å². The number of hydrogen-bond acceptors (Lipinski definition) is 5. The fourth-order valence-electron chi connectivity index (χ4n) is 2.16. The second-order valence-corrected chi connectivity index (χ2v) is 7.63. The third-order valence-corrected chi connectivity index (χ3v) is 4.90. The van der Waals surface area contributed by atoms with Crippen LogP contribution in [0.4, 0.5) is 11.4 Å². The van der Waals surface area contributed by atoms with Crippen LogP contribution in [0.3, 0.4) is 0 Å². The molecule has 8 heteroatoms. The fraction of sp³-hybridized carbons (Fsp3) is 0. The highest BCUT2D eigenvalue weighted by atomic mass is 127. The molecule has 0 aliphatic rings. The SMILES string of the molecule is O=S(=O)(O)c1ccc2c(N=Nc3ccc(I)cc3)c(O)ccc2c1. The molecule has 0 saturated heterocycles. The first kappa shape index (κ1) is 16.8. The van der Waals surface area contributed by atoms with Crippen molar-refractivity contribution < 1.29 is 18.1 Å². The van der Waals surface area contributed by atoms with Crippen molar-refractivity contribution in [2.75, 3.05) is 0 Å². The summed E-state index contributed by atoms with van der Waals surface area (Å²) in [7, 11) is -4.29. The van der Waals surface area contributed by atoms with Crippen LogP contribution in [0, 0.1) is 3.57 Å². The van der Waals surface area contributed by atoms with Crippen molar-refractivity contribution >= 4 is 54.9 Å². The average molecular weight is 454 g/mol. The summed E-state index contributed by atoms with van der Waals surface area (Å²) in [5.41, 5.74) is 0.856. The normalized spacial score (nSPS) is 12.1. The van der Waals surface area contributed by atoms with Crippen LogP contribution < -0.4 is 0 Å². The van der Waals surface area contributed by atoms with Crippen molar-refractivity contribution in [3.05, 3.63) is 58.2 Å². The average Bonchev–Trinajstić information content (AvgIpc) is 2.54. The van der Waals surface area contributed by atoms with E-state index >= 15 is 0 Å². The zero-order valence-electron chi connectivity index (χ0n) is 12.1. The van der Waals surface area contributed by atoms with E-state index in [0.29, 0.717) is 16.5 Å². The van der Waals surface area contributed by atoms with E-state index in [4.69, 9.17) is 4.55 Å². The van der Waals surface area contributed by atoms with Gasteiger partial charge >= 0.3 is 0 Å². The summed E-state index contributed by atoms with van der Waals surface area (Å²) < 4.78 is 32.7. The molecule has 0 spiro atoms. The molecule has 0 aliphatic heterocycles. The molecule has 0 aliphatic carbocycles. The van der Waals surface area contributed by atoms with E-state index in [-0.39, 0.29) is 16.3 Å². The van der Waals surface area contributed by atoms with Gasteiger partial charge in [-0.3, -0.25) is 4.55 Å². The first-order valence-electron chi connectivity index (χ1n) is 6.75. The molecule has 24 heavy (non-hydrogen) atoms. The lowest BCUT2D eigenvalue weighted by Crippen LogP contribution is -1.97. The van der Waals surface area contributed by atoms with Gasteiger partial charge in [0.25, 0.3) is 10.1 Å². The van der Waals surface area contributed by atoms with Crippen LogP contribution in [-0.2, 0) is 10.1 Å². The Labute approximate surface area is 151 Å².